The van der Waals surface area contributed by atoms with Gasteiger partial charge >= 0.3 is 0 Å². The van der Waals surface area contributed by atoms with Gasteiger partial charge in [0, 0.05) is 12.1 Å². The number of thiazole rings is 1. The van der Waals surface area contributed by atoms with Gasteiger partial charge in [-0.2, -0.15) is 0 Å². The molecule has 0 saturated heterocycles. The van der Waals surface area contributed by atoms with Gasteiger partial charge in [-0.3, -0.25) is 0 Å². The average Bonchev–Trinajstić information content (AvgIpc) is 2.77. The minimum absolute atomic E-state index is 0.274. The van der Waals surface area contributed by atoms with Crippen molar-refractivity contribution in [2.75, 3.05) is 14.2 Å². The fourth-order valence-electron chi connectivity index (χ4n) is 1.64. The number of halogens is 1. The van der Waals surface area contributed by atoms with Crippen LogP contribution in [-0.2, 0) is 6.54 Å². The molecule has 0 bridgehead atoms. The van der Waals surface area contributed by atoms with Crippen LogP contribution in [0.15, 0.2) is 23.7 Å². The van der Waals surface area contributed by atoms with E-state index in [4.69, 9.17) is 4.74 Å². The van der Waals surface area contributed by atoms with Crippen LogP contribution >= 0.6 is 11.3 Å². The Morgan fingerprint density at radius 2 is 2.29 bits per heavy atom. The number of hydrogen-bond acceptors (Lipinski definition) is 4. The van der Waals surface area contributed by atoms with Crippen LogP contribution in [0, 0.1) is 5.82 Å². The first-order chi connectivity index (χ1) is 8.26. The minimum Gasteiger partial charge on any atom is -0.496 e. The zero-order valence-corrected chi connectivity index (χ0v) is 10.5. The number of nitrogens with one attached hydrogen (secondary N) is 1. The highest BCUT2D eigenvalue weighted by molar-refractivity contribution is 7.13. The van der Waals surface area contributed by atoms with Gasteiger partial charge < -0.3 is 10.1 Å². The Kier molecular flexibility index (Phi) is 3.71. The predicted octanol–water partition coefficient (Wildman–Crippen LogP) is 2.68. The van der Waals surface area contributed by atoms with Crippen LogP contribution in [0.3, 0.4) is 0 Å². The summed E-state index contributed by atoms with van der Waals surface area (Å²) < 4.78 is 18.6. The zero-order chi connectivity index (χ0) is 12.3. The molecule has 1 aromatic heterocycles. The summed E-state index contributed by atoms with van der Waals surface area (Å²) in [6.45, 7) is 0.651. The molecule has 0 aliphatic rings. The van der Waals surface area contributed by atoms with E-state index in [0.717, 1.165) is 16.1 Å². The van der Waals surface area contributed by atoms with E-state index in [1.807, 2.05) is 7.05 Å². The Labute approximate surface area is 103 Å². The van der Waals surface area contributed by atoms with E-state index in [0.29, 0.717) is 12.3 Å². The Morgan fingerprint density at radius 3 is 3.00 bits per heavy atom. The molecule has 0 spiro atoms. The molecule has 0 aliphatic carbocycles. The molecule has 0 unspecified atom stereocenters. The number of aromatic nitrogens is 1. The Hall–Kier alpha value is -1.46. The van der Waals surface area contributed by atoms with Gasteiger partial charge in [-0.1, -0.05) is 0 Å². The molecule has 1 N–H and O–H groups in total. The average molecular weight is 252 g/mol. The zero-order valence-electron chi connectivity index (χ0n) is 9.66. The fourth-order valence-corrected chi connectivity index (χ4v) is 2.47. The highest BCUT2D eigenvalue weighted by atomic mass is 32.1. The van der Waals surface area contributed by atoms with Gasteiger partial charge in [-0.25, -0.2) is 9.37 Å². The molecule has 0 atom stereocenters. The number of benzene rings is 1. The van der Waals surface area contributed by atoms with E-state index in [9.17, 15) is 4.39 Å². The SMILES string of the molecule is CNCc1ncsc1-c1cc(F)ccc1OC. The van der Waals surface area contributed by atoms with Crippen molar-refractivity contribution in [2.24, 2.45) is 0 Å². The van der Waals surface area contributed by atoms with Gasteiger partial charge in [0.25, 0.3) is 0 Å². The number of methoxy groups -OCH3 is 1. The molecular weight excluding hydrogens is 239 g/mol. The van der Waals surface area contributed by atoms with Crippen molar-refractivity contribution >= 4 is 11.3 Å². The maximum Gasteiger partial charge on any atom is 0.127 e. The third-order valence-corrected chi connectivity index (χ3v) is 3.29. The van der Waals surface area contributed by atoms with Crippen molar-refractivity contribution in [3.63, 3.8) is 0 Å². The summed E-state index contributed by atoms with van der Waals surface area (Å²) in [6, 6.07) is 4.50. The van der Waals surface area contributed by atoms with Crippen molar-refractivity contribution in [3.8, 4) is 16.2 Å². The summed E-state index contributed by atoms with van der Waals surface area (Å²) >= 11 is 1.48. The second-order valence-electron chi connectivity index (χ2n) is 3.50. The minimum atomic E-state index is -0.274. The first-order valence-corrected chi connectivity index (χ1v) is 6.05. The quantitative estimate of drug-likeness (QED) is 0.908. The van der Waals surface area contributed by atoms with E-state index in [-0.39, 0.29) is 5.82 Å². The third kappa shape index (κ3) is 2.45. The second-order valence-corrected chi connectivity index (χ2v) is 4.36. The summed E-state index contributed by atoms with van der Waals surface area (Å²) in [4.78, 5) is 5.21. The lowest BCUT2D eigenvalue weighted by Crippen LogP contribution is -2.06. The molecule has 1 aromatic carbocycles. The standard InChI is InChI=1S/C12H13FN2OS/c1-14-6-10-12(17-7-15-10)9-5-8(13)3-4-11(9)16-2/h3-5,7,14H,6H2,1-2H3. The van der Waals surface area contributed by atoms with Gasteiger partial charge in [0.1, 0.15) is 11.6 Å². The number of rotatable bonds is 4. The molecule has 0 radical (unpaired) electrons. The van der Waals surface area contributed by atoms with Gasteiger partial charge in [0.15, 0.2) is 0 Å². The van der Waals surface area contributed by atoms with E-state index in [2.05, 4.69) is 10.3 Å². The predicted molar refractivity (Wildman–Crippen MR) is 66.8 cm³/mol. The molecule has 1 heterocycles. The van der Waals surface area contributed by atoms with Gasteiger partial charge in [-0.05, 0) is 25.2 Å². The van der Waals surface area contributed by atoms with E-state index < -0.39 is 0 Å². The largest absolute Gasteiger partial charge is 0.496 e. The highest BCUT2D eigenvalue weighted by Crippen LogP contribution is 2.35. The van der Waals surface area contributed by atoms with Crippen molar-refractivity contribution < 1.29 is 9.13 Å². The molecule has 90 valence electrons. The van der Waals surface area contributed by atoms with Crippen LogP contribution in [-0.4, -0.2) is 19.1 Å². The molecule has 0 amide bonds. The molecule has 0 fully saturated rings. The molecule has 3 nitrogen and oxygen atoms in total. The summed E-state index contributed by atoms with van der Waals surface area (Å²) in [5.41, 5.74) is 3.41. The fraction of sp³-hybridized carbons (Fsp3) is 0.250. The molecule has 2 rings (SSSR count). The van der Waals surface area contributed by atoms with Gasteiger partial charge in [-0.15, -0.1) is 11.3 Å². The van der Waals surface area contributed by atoms with Crippen LogP contribution < -0.4 is 10.1 Å². The van der Waals surface area contributed by atoms with Gasteiger partial charge in [0.05, 0.1) is 23.2 Å². The lowest BCUT2D eigenvalue weighted by Gasteiger charge is -2.08. The number of hydrogen-bond donors (Lipinski definition) is 1. The van der Waals surface area contributed by atoms with Crippen LogP contribution in [0.5, 0.6) is 5.75 Å². The smallest absolute Gasteiger partial charge is 0.127 e. The normalized spacial score (nSPS) is 10.5. The van der Waals surface area contributed by atoms with E-state index in [1.165, 1.54) is 23.5 Å². The lowest BCUT2D eigenvalue weighted by molar-refractivity contribution is 0.415. The third-order valence-electron chi connectivity index (χ3n) is 2.39. The first-order valence-electron chi connectivity index (χ1n) is 5.17. The Morgan fingerprint density at radius 1 is 1.47 bits per heavy atom. The summed E-state index contributed by atoms with van der Waals surface area (Å²) in [5, 5.41) is 3.04. The first kappa shape index (κ1) is 12.0. The molecule has 17 heavy (non-hydrogen) atoms. The molecule has 5 heteroatoms. The van der Waals surface area contributed by atoms with E-state index in [1.54, 1.807) is 18.7 Å². The molecule has 0 aliphatic heterocycles. The van der Waals surface area contributed by atoms with Crippen molar-refractivity contribution in [1.29, 1.82) is 0 Å². The van der Waals surface area contributed by atoms with Crippen LogP contribution in [0.4, 0.5) is 4.39 Å². The molecule has 2 aromatic rings. The van der Waals surface area contributed by atoms with Crippen molar-refractivity contribution in [1.82, 2.24) is 10.3 Å². The highest BCUT2D eigenvalue weighted by Gasteiger charge is 2.13. The Balaban J connectivity index is 2.51. The van der Waals surface area contributed by atoms with Crippen LogP contribution in [0.2, 0.25) is 0 Å². The topological polar surface area (TPSA) is 34.2 Å². The summed E-state index contributed by atoms with van der Waals surface area (Å²) in [7, 11) is 3.43. The van der Waals surface area contributed by atoms with Gasteiger partial charge in [0.2, 0.25) is 0 Å². The molecule has 0 saturated carbocycles. The second kappa shape index (κ2) is 5.25. The number of nitrogens with zero attached hydrogens (tertiary/aromatic N) is 1. The van der Waals surface area contributed by atoms with Crippen LogP contribution in [0.25, 0.3) is 10.4 Å². The maximum atomic E-state index is 13.3. The van der Waals surface area contributed by atoms with E-state index >= 15 is 0 Å². The monoisotopic (exact) mass is 252 g/mol. The van der Waals surface area contributed by atoms with Crippen LogP contribution in [0.1, 0.15) is 5.69 Å². The summed E-state index contributed by atoms with van der Waals surface area (Å²) in [6.07, 6.45) is 0. The summed E-state index contributed by atoms with van der Waals surface area (Å²) in [5.74, 6) is 0.387. The Bertz CT molecular complexity index is 513. The number of ether oxygens (including phenoxy) is 1. The maximum absolute atomic E-state index is 13.3. The lowest BCUT2D eigenvalue weighted by atomic mass is 10.1. The van der Waals surface area contributed by atoms with Crippen molar-refractivity contribution in [3.05, 3.63) is 35.2 Å². The molecular formula is C12H13FN2OS. The van der Waals surface area contributed by atoms with Crippen molar-refractivity contribution in [2.45, 2.75) is 6.54 Å².